The molecule has 140 valence electrons. The molecule has 1 aromatic carbocycles. The van der Waals surface area contributed by atoms with Crippen LogP contribution in [0.2, 0.25) is 0 Å². The van der Waals surface area contributed by atoms with E-state index in [0.717, 1.165) is 35.3 Å². The Kier molecular flexibility index (Phi) is 5.70. The highest BCUT2D eigenvalue weighted by Gasteiger charge is 2.33. The minimum Gasteiger partial charge on any atom is -0.453 e. The Hall–Kier alpha value is -1.82. The van der Waals surface area contributed by atoms with Gasteiger partial charge in [0.15, 0.2) is 0 Å². The SMILES string of the molecule is COC(=O)NC1C/C(=C2\N=C(c3ccc(Br)cc3)CC(C)C2C)N(C)C1. The normalized spacial score (nSPS) is 28.7. The summed E-state index contributed by atoms with van der Waals surface area (Å²) in [6.45, 7) is 5.32. The highest BCUT2D eigenvalue weighted by atomic mass is 79.9. The lowest BCUT2D eigenvalue weighted by molar-refractivity contribution is 0.167. The van der Waals surface area contributed by atoms with Crippen LogP contribution in [0.3, 0.4) is 0 Å². The number of ether oxygens (including phenoxy) is 1. The first-order chi connectivity index (χ1) is 12.4. The van der Waals surface area contributed by atoms with Gasteiger partial charge in [0.25, 0.3) is 0 Å². The number of halogens is 1. The third-order valence-electron chi connectivity index (χ3n) is 5.43. The first-order valence-electron chi connectivity index (χ1n) is 9.01. The summed E-state index contributed by atoms with van der Waals surface area (Å²) in [5, 5.41) is 2.91. The molecule has 0 aliphatic carbocycles. The summed E-state index contributed by atoms with van der Waals surface area (Å²) in [6, 6.07) is 8.42. The van der Waals surface area contributed by atoms with Crippen molar-refractivity contribution < 1.29 is 9.53 Å². The Labute approximate surface area is 163 Å². The number of benzene rings is 1. The number of nitrogens with zero attached hydrogens (tertiary/aromatic N) is 2. The minimum atomic E-state index is -0.376. The summed E-state index contributed by atoms with van der Waals surface area (Å²) in [5.41, 5.74) is 4.69. The molecule has 0 bridgehead atoms. The Morgan fingerprint density at radius 2 is 1.96 bits per heavy atom. The number of allylic oxidation sites excluding steroid dienone is 1. The van der Waals surface area contributed by atoms with E-state index in [1.165, 1.54) is 18.4 Å². The van der Waals surface area contributed by atoms with Crippen molar-refractivity contribution >= 4 is 27.7 Å². The molecule has 1 aromatic rings. The molecule has 5 nitrogen and oxygen atoms in total. The molecule has 0 aromatic heterocycles. The van der Waals surface area contributed by atoms with Gasteiger partial charge in [-0.25, -0.2) is 4.79 Å². The Morgan fingerprint density at radius 3 is 2.62 bits per heavy atom. The quantitative estimate of drug-likeness (QED) is 0.781. The fraction of sp³-hybridized carbons (Fsp3) is 0.500. The van der Waals surface area contributed by atoms with Crippen LogP contribution < -0.4 is 5.32 Å². The van der Waals surface area contributed by atoms with E-state index in [9.17, 15) is 4.79 Å². The topological polar surface area (TPSA) is 53.9 Å². The third-order valence-corrected chi connectivity index (χ3v) is 5.96. The summed E-state index contributed by atoms with van der Waals surface area (Å²) >= 11 is 3.50. The molecule has 2 aliphatic rings. The van der Waals surface area contributed by atoms with Gasteiger partial charge in [0.1, 0.15) is 0 Å². The van der Waals surface area contributed by atoms with Crippen molar-refractivity contribution in [2.24, 2.45) is 16.8 Å². The second-order valence-corrected chi connectivity index (χ2v) is 8.20. The predicted octanol–water partition coefficient (Wildman–Crippen LogP) is 4.19. The van der Waals surface area contributed by atoms with E-state index < -0.39 is 0 Å². The number of hydrogen-bond donors (Lipinski definition) is 1. The average Bonchev–Trinajstić information content (AvgIpc) is 2.97. The van der Waals surface area contributed by atoms with Gasteiger partial charge in [-0.3, -0.25) is 4.99 Å². The standard InChI is InChI=1S/C20H26BrN3O2/c1-12-9-17(14-5-7-15(21)8-6-14)23-19(13(12)2)18-10-16(11-24(18)3)22-20(25)26-4/h5-8,12-13,16H,9-11H2,1-4H3,(H,22,25)/b19-18+. The molecule has 2 heterocycles. The number of carbonyl (C=O) groups excluding carboxylic acids is 1. The predicted molar refractivity (Wildman–Crippen MR) is 107 cm³/mol. The van der Waals surface area contributed by atoms with Crippen LogP contribution in [0.5, 0.6) is 0 Å². The summed E-state index contributed by atoms with van der Waals surface area (Å²) in [6.07, 6.45) is 1.39. The van der Waals surface area contributed by atoms with Gasteiger partial charge in [0.2, 0.25) is 0 Å². The summed E-state index contributed by atoms with van der Waals surface area (Å²) in [4.78, 5) is 18.8. The number of hydrogen-bond acceptors (Lipinski definition) is 4. The number of alkyl carbamates (subject to hydrolysis) is 1. The van der Waals surface area contributed by atoms with Gasteiger partial charge in [-0.15, -0.1) is 0 Å². The van der Waals surface area contributed by atoms with Crippen LogP contribution in [0.1, 0.15) is 32.3 Å². The Balaban J connectivity index is 1.93. The molecular formula is C20H26BrN3O2. The number of rotatable bonds is 2. The molecule has 26 heavy (non-hydrogen) atoms. The van der Waals surface area contributed by atoms with Gasteiger partial charge >= 0.3 is 6.09 Å². The lowest BCUT2D eigenvalue weighted by Crippen LogP contribution is -2.36. The zero-order valence-corrected chi connectivity index (χ0v) is 17.3. The number of methoxy groups -OCH3 is 1. The van der Waals surface area contributed by atoms with E-state index in [1.54, 1.807) is 0 Å². The van der Waals surface area contributed by atoms with Crippen LogP contribution in [0, 0.1) is 11.8 Å². The van der Waals surface area contributed by atoms with Crippen molar-refractivity contribution in [2.75, 3.05) is 20.7 Å². The number of amides is 1. The molecule has 1 N–H and O–H groups in total. The highest BCUT2D eigenvalue weighted by molar-refractivity contribution is 9.10. The second-order valence-electron chi connectivity index (χ2n) is 7.28. The molecule has 0 saturated carbocycles. The van der Waals surface area contributed by atoms with E-state index >= 15 is 0 Å². The average molecular weight is 420 g/mol. The lowest BCUT2D eigenvalue weighted by atomic mass is 9.83. The molecule has 1 fully saturated rings. The monoisotopic (exact) mass is 419 g/mol. The van der Waals surface area contributed by atoms with Crippen LogP contribution in [0.25, 0.3) is 0 Å². The summed E-state index contributed by atoms with van der Waals surface area (Å²) in [7, 11) is 3.47. The second kappa shape index (κ2) is 7.82. The number of likely N-dealkylation sites (tertiary alicyclic amines) is 1. The molecular weight excluding hydrogens is 394 g/mol. The van der Waals surface area contributed by atoms with Crippen LogP contribution in [-0.4, -0.2) is 43.4 Å². The molecule has 1 amide bonds. The fourth-order valence-electron chi connectivity index (χ4n) is 3.71. The summed E-state index contributed by atoms with van der Waals surface area (Å²) < 4.78 is 5.81. The molecule has 2 aliphatic heterocycles. The smallest absolute Gasteiger partial charge is 0.407 e. The van der Waals surface area contributed by atoms with Gasteiger partial charge < -0.3 is 15.0 Å². The molecule has 3 rings (SSSR count). The third kappa shape index (κ3) is 3.95. The molecule has 3 atom stereocenters. The van der Waals surface area contributed by atoms with Crippen molar-refractivity contribution in [3.05, 3.63) is 45.7 Å². The van der Waals surface area contributed by atoms with E-state index in [-0.39, 0.29) is 12.1 Å². The molecule has 6 heteroatoms. The highest BCUT2D eigenvalue weighted by Crippen LogP contribution is 2.37. The lowest BCUT2D eigenvalue weighted by Gasteiger charge is -2.30. The number of aliphatic imine (C=N–C) groups is 1. The Bertz CT molecular complexity index is 742. The molecule has 0 spiro atoms. The number of carbonyl (C=O) groups is 1. The summed E-state index contributed by atoms with van der Waals surface area (Å²) in [5.74, 6) is 0.915. The zero-order valence-electron chi connectivity index (χ0n) is 15.8. The van der Waals surface area contributed by atoms with Crippen molar-refractivity contribution in [3.63, 3.8) is 0 Å². The van der Waals surface area contributed by atoms with Gasteiger partial charge in [-0.05, 0) is 30.0 Å². The number of nitrogens with one attached hydrogen (secondary N) is 1. The van der Waals surface area contributed by atoms with Gasteiger partial charge in [-0.1, -0.05) is 41.9 Å². The number of likely N-dealkylation sites (N-methyl/N-ethyl adjacent to an activating group) is 1. The van der Waals surface area contributed by atoms with E-state index in [1.807, 2.05) is 0 Å². The van der Waals surface area contributed by atoms with E-state index in [2.05, 4.69) is 71.3 Å². The van der Waals surface area contributed by atoms with Crippen LogP contribution >= 0.6 is 15.9 Å². The fourth-order valence-corrected chi connectivity index (χ4v) is 3.98. The van der Waals surface area contributed by atoms with Crippen LogP contribution in [0.15, 0.2) is 45.1 Å². The zero-order chi connectivity index (χ0) is 18.8. The first-order valence-corrected chi connectivity index (χ1v) is 9.80. The maximum atomic E-state index is 11.5. The van der Waals surface area contributed by atoms with Gasteiger partial charge in [-0.2, -0.15) is 0 Å². The van der Waals surface area contributed by atoms with Crippen molar-refractivity contribution in [2.45, 2.75) is 32.7 Å². The minimum absolute atomic E-state index is 0.0608. The van der Waals surface area contributed by atoms with Crippen molar-refractivity contribution in [1.29, 1.82) is 0 Å². The van der Waals surface area contributed by atoms with Crippen molar-refractivity contribution in [3.8, 4) is 0 Å². The van der Waals surface area contributed by atoms with Gasteiger partial charge in [0, 0.05) is 41.8 Å². The Morgan fingerprint density at radius 1 is 1.27 bits per heavy atom. The van der Waals surface area contributed by atoms with E-state index in [4.69, 9.17) is 9.73 Å². The molecule has 1 saturated heterocycles. The maximum Gasteiger partial charge on any atom is 0.407 e. The van der Waals surface area contributed by atoms with Crippen LogP contribution in [-0.2, 0) is 4.74 Å². The maximum absolute atomic E-state index is 11.5. The molecule has 3 unspecified atom stereocenters. The molecule has 0 radical (unpaired) electrons. The van der Waals surface area contributed by atoms with Gasteiger partial charge in [0.05, 0.1) is 18.8 Å². The van der Waals surface area contributed by atoms with Crippen molar-refractivity contribution in [1.82, 2.24) is 10.2 Å². The first kappa shape index (κ1) is 19.0. The largest absolute Gasteiger partial charge is 0.453 e. The van der Waals surface area contributed by atoms with E-state index in [0.29, 0.717) is 11.8 Å². The van der Waals surface area contributed by atoms with Crippen LogP contribution in [0.4, 0.5) is 4.79 Å².